The fourth-order valence-corrected chi connectivity index (χ4v) is 5.28. The zero-order chi connectivity index (χ0) is 19.7. The Hall–Kier alpha value is -1.86. The summed E-state index contributed by atoms with van der Waals surface area (Å²) in [6, 6.07) is 7.66. The number of para-hydroxylation sites is 1. The van der Waals surface area contributed by atoms with Gasteiger partial charge in [0, 0.05) is 19.1 Å². The SMILES string of the molecule is CC1CN(C(=O)CSc2nc3ccccc3c(=O)n2C2CCCC2)CC(C)O1. The number of morpholine rings is 1. The topological polar surface area (TPSA) is 64.4 Å². The molecule has 2 atom stereocenters. The van der Waals surface area contributed by atoms with Crippen LogP contribution in [0.4, 0.5) is 0 Å². The second kappa shape index (κ2) is 8.25. The molecule has 6 nitrogen and oxygen atoms in total. The first-order valence-corrected chi connectivity index (χ1v) is 11.1. The minimum atomic E-state index is 0.0149. The summed E-state index contributed by atoms with van der Waals surface area (Å²) in [4.78, 5) is 32.6. The summed E-state index contributed by atoms with van der Waals surface area (Å²) in [6.45, 7) is 5.21. The van der Waals surface area contributed by atoms with Crippen LogP contribution in [-0.4, -0.2) is 51.4 Å². The van der Waals surface area contributed by atoms with Crippen LogP contribution < -0.4 is 5.56 Å². The summed E-state index contributed by atoms with van der Waals surface area (Å²) < 4.78 is 7.57. The summed E-state index contributed by atoms with van der Waals surface area (Å²) >= 11 is 1.39. The molecule has 1 saturated carbocycles. The van der Waals surface area contributed by atoms with Crippen molar-refractivity contribution >= 4 is 28.6 Å². The van der Waals surface area contributed by atoms with Crippen LogP contribution >= 0.6 is 11.8 Å². The molecule has 1 saturated heterocycles. The third-order valence-corrected chi connectivity index (χ3v) is 6.50. The molecule has 1 aliphatic carbocycles. The van der Waals surface area contributed by atoms with E-state index in [1.54, 1.807) is 0 Å². The van der Waals surface area contributed by atoms with Gasteiger partial charge in [-0.1, -0.05) is 36.7 Å². The summed E-state index contributed by atoms with van der Waals surface area (Å²) in [7, 11) is 0. The number of aromatic nitrogens is 2. The number of nitrogens with zero attached hydrogens (tertiary/aromatic N) is 3. The van der Waals surface area contributed by atoms with Crippen LogP contribution in [0.5, 0.6) is 0 Å². The molecule has 4 rings (SSSR count). The van der Waals surface area contributed by atoms with E-state index in [0.29, 0.717) is 29.1 Å². The van der Waals surface area contributed by atoms with Crippen molar-refractivity contribution in [1.82, 2.24) is 14.5 Å². The molecule has 0 spiro atoms. The lowest BCUT2D eigenvalue weighted by Crippen LogP contribution is -2.48. The molecule has 2 unspecified atom stereocenters. The smallest absolute Gasteiger partial charge is 0.262 e. The molecule has 1 aliphatic heterocycles. The Morgan fingerprint density at radius 2 is 1.86 bits per heavy atom. The van der Waals surface area contributed by atoms with Gasteiger partial charge in [0.25, 0.3) is 5.56 Å². The Balaban J connectivity index is 1.59. The maximum Gasteiger partial charge on any atom is 0.262 e. The second-order valence-electron chi connectivity index (χ2n) is 7.87. The second-order valence-corrected chi connectivity index (χ2v) is 8.81. The van der Waals surface area contributed by atoms with Gasteiger partial charge in [-0.2, -0.15) is 0 Å². The number of benzene rings is 1. The van der Waals surface area contributed by atoms with Gasteiger partial charge >= 0.3 is 0 Å². The molecule has 28 heavy (non-hydrogen) atoms. The summed E-state index contributed by atoms with van der Waals surface area (Å²) in [5.41, 5.74) is 0.714. The number of carbonyl (C=O) groups is 1. The third kappa shape index (κ3) is 3.96. The molecular weight excluding hydrogens is 374 g/mol. The van der Waals surface area contributed by atoms with Gasteiger partial charge in [-0.05, 0) is 38.8 Å². The lowest BCUT2D eigenvalue weighted by atomic mass is 10.2. The van der Waals surface area contributed by atoms with Gasteiger partial charge in [0.15, 0.2) is 5.16 Å². The van der Waals surface area contributed by atoms with E-state index in [1.807, 2.05) is 47.6 Å². The zero-order valence-corrected chi connectivity index (χ0v) is 17.3. The molecule has 150 valence electrons. The van der Waals surface area contributed by atoms with Crippen LogP contribution in [0.1, 0.15) is 45.6 Å². The molecule has 2 fully saturated rings. The summed E-state index contributed by atoms with van der Waals surface area (Å²) in [5, 5.41) is 1.32. The third-order valence-electron chi connectivity index (χ3n) is 5.56. The van der Waals surface area contributed by atoms with Crippen molar-refractivity contribution in [3.63, 3.8) is 0 Å². The highest BCUT2D eigenvalue weighted by molar-refractivity contribution is 7.99. The Kier molecular flexibility index (Phi) is 5.73. The maximum absolute atomic E-state index is 13.2. The van der Waals surface area contributed by atoms with E-state index in [2.05, 4.69) is 0 Å². The lowest BCUT2D eigenvalue weighted by Gasteiger charge is -2.35. The highest BCUT2D eigenvalue weighted by atomic mass is 32.2. The molecule has 0 N–H and O–H groups in total. The van der Waals surface area contributed by atoms with E-state index in [9.17, 15) is 9.59 Å². The van der Waals surface area contributed by atoms with Gasteiger partial charge in [-0.25, -0.2) is 4.98 Å². The van der Waals surface area contributed by atoms with Crippen LogP contribution in [-0.2, 0) is 9.53 Å². The van der Waals surface area contributed by atoms with Crippen molar-refractivity contribution in [3.05, 3.63) is 34.6 Å². The van der Waals surface area contributed by atoms with Crippen molar-refractivity contribution < 1.29 is 9.53 Å². The molecule has 1 amide bonds. The predicted molar refractivity (Wildman–Crippen MR) is 111 cm³/mol. The molecule has 2 aromatic rings. The molecule has 0 bridgehead atoms. The zero-order valence-electron chi connectivity index (χ0n) is 16.5. The largest absolute Gasteiger partial charge is 0.372 e. The lowest BCUT2D eigenvalue weighted by molar-refractivity contribution is -0.140. The molecule has 0 radical (unpaired) electrons. The average molecular weight is 402 g/mol. The van der Waals surface area contributed by atoms with Crippen LogP contribution in [0.25, 0.3) is 10.9 Å². The van der Waals surface area contributed by atoms with E-state index in [1.165, 1.54) is 11.8 Å². The summed E-state index contributed by atoms with van der Waals surface area (Å²) in [5.74, 6) is 0.365. The van der Waals surface area contributed by atoms with Crippen molar-refractivity contribution in [3.8, 4) is 0 Å². The summed E-state index contributed by atoms with van der Waals surface area (Å²) in [6.07, 6.45) is 4.37. The standard InChI is InChI=1S/C21H27N3O3S/c1-14-11-23(12-15(2)27-14)19(25)13-28-21-22-18-10-6-5-9-17(18)20(26)24(21)16-7-3-4-8-16/h5-6,9-10,14-16H,3-4,7-8,11-13H2,1-2H3. The minimum absolute atomic E-state index is 0.0149. The van der Waals surface area contributed by atoms with Crippen molar-refractivity contribution in [1.29, 1.82) is 0 Å². The van der Waals surface area contributed by atoms with E-state index in [0.717, 1.165) is 25.7 Å². The number of carbonyl (C=O) groups excluding carboxylic acids is 1. The van der Waals surface area contributed by atoms with Gasteiger partial charge in [0.1, 0.15) is 0 Å². The number of thioether (sulfide) groups is 1. The monoisotopic (exact) mass is 401 g/mol. The van der Waals surface area contributed by atoms with Crippen molar-refractivity contribution in [2.45, 2.75) is 62.9 Å². The fourth-order valence-electron chi connectivity index (χ4n) is 4.31. The Bertz CT molecular complexity index is 913. The molecule has 7 heteroatoms. The van der Waals surface area contributed by atoms with E-state index >= 15 is 0 Å². The fraction of sp³-hybridized carbons (Fsp3) is 0.571. The normalized spacial score (nSPS) is 23.4. The number of hydrogen-bond acceptors (Lipinski definition) is 5. The number of amides is 1. The average Bonchev–Trinajstić information content (AvgIpc) is 3.19. The number of rotatable bonds is 4. The van der Waals surface area contributed by atoms with E-state index in [4.69, 9.17) is 9.72 Å². The highest BCUT2D eigenvalue weighted by Gasteiger charge is 2.27. The number of hydrogen-bond donors (Lipinski definition) is 0. The maximum atomic E-state index is 13.2. The van der Waals surface area contributed by atoms with Crippen molar-refractivity contribution in [2.24, 2.45) is 0 Å². The first-order chi connectivity index (χ1) is 13.5. The highest BCUT2D eigenvalue weighted by Crippen LogP contribution is 2.32. The Morgan fingerprint density at radius 3 is 2.57 bits per heavy atom. The Morgan fingerprint density at radius 1 is 1.18 bits per heavy atom. The number of fused-ring (bicyclic) bond motifs is 1. The first-order valence-electron chi connectivity index (χ1n) is 10.1. The van der Waals surface area contributed by atoms with Gasteiger partial charge in [-0.3, -0.25) is 14.2 Å². The van der Waals surface area contributed by atoms with E-state index < -0.39 is 0 Å². The quantitative estimate of drug-likeness (QED) is 0.581. The minimum Gasteiger partial charge on any atom is -0.372 e. The van der Waals surface area contributed by atoms with Crippen LogP contribution in [0.3, 0.4) is 0 Å². The van der Waals surface area contributed by atoms with Crippen LogP contribution in [0.2, 0.25) is 0 Å². The van der Waals surface area contributed by atoms with Gasteiger partial charge in [0.2, 0.25) is 5.91 Å². The molecule has 1 aromatic carbocycles. The van der Waals surface area contributed by atoms with Crippen LogP contribution in [0.15, 0.2) is 34.2 Å². The number of ether oxygens (including phenoxy) is 1. The van der Waals surface area contributed by atoms with Crippen LogP contribution in [0, 0.1) is 0 Å². The predicted octanol–water partition coefficient (Wildman–Crippen LogP) is 3.24. The van der Waals surface area contributed by atoms with Crippen molar-refractivity contribution in [2.75, 3.05) is 18.8 Å². The molecule has 2 aliphatic rings. The first kappa shape index (κ1) is 19.5. The van der Waals surface area contributed by atoms with Gasteiger partial charge in [-0.15, -0.1) is 0 Å². The van der Waals surface area contributed by atoms with Gasteiger partial charge < -0.3 is 9.64 Å². The molecule has 1 aromatic heterocycles. The molecule has 2 heterocycles. The Labute approximate surface area is 169 Å². The molecular formula is C21H27N3O3S. The van der Waals surface area contributed by atoms with E-state index in [-0.39, 0.29) is 35.5 Å². The van der Waals surface area contributed by atoms with Gasteiger partial charge in [0.05, 0.1) is 28.9 Å².